The van der Waals surface area contributed by atoms with Gasteiger partial charge in [0.25, 0.3) is 5.91 Å². The average Bonchev–Trinajstić information content (AvgIpc) is 2.80. The fraction of sp³-hybridized carbons (Fsp3) is 0.125. The van der Waals surface area contributed by atoms with E-state index in [4.69, 9.17) is 4.74 Å². The van der Waals surface area contributed by atoms with Crippen molar-refractivity contribution in [3.63, 3.8) is 0 Å². The Labute approximate surface area is 175 Å². The molecule has 3 aromatic rings. The molecule has 0 aromatic heterocycles. The molecule has 0 unspecified atom stereocenters. The highest BCUT2D eigenvalue weighted by molar-refractivity contribution is 5.94. The summed E-state index contributed by atoms with van der Waals surface area (Å²) in [5, 5.41) is 6.95. The molecule has 0 radical (unpaired) electrons. The second-order valence-electron chi connectivity index (χ2n) is 6.54. The molecule has 152 valence electrons. The van der Waals surface area contributed by atoms with Gasteiger partial charge >= 0.3 is 0 Å². The smallest absolute Gasteiger partial charge is 0.251 e. The molecule has 1 atom stereocenters. The number of amides is 2. The minimum atomic E-state index is -0.486. The molecule has 0 aliphatic rings. The number of benzene rings is 3. The van der Waals surface area contributed by atoms with Crippen LogP contribution in [-0.4, -0.2) is 25.1 Å². The van der Waals surface area contributed by atoms with Gasteiger partial charge in [-0.1, -0.05) is 60.7 Å². The molecule has 0 bridgehead atoms. The van der Waals surface area contributed by atoms with Crippen LogP contribution in [0.4, 0.5) is 0 Å². The largest absolute Gasteiger partial charge is 0.496 e. The van der Waals surface area contributed by atoms with Gasteiger partial charge in [0.2, 0.25) is 5.91 Å². The van der Waals surface area contributed by atoms with E-state index in [1.54, 1.807) is 31.4 Å². The Hall–Kier alpha value is -3.93. The normalized spacial score (nSPS) is 11.6. The molecule has 3 rings (SSSR count). The number of nitrogens with zero attached hydrogens (tertiary/aromatic N) is 1. The van der Waals surface area contributed by atoms with Crippen LogP contribution in [0.25, 0.3) is 0 Å². The number of hydrogen-bond donors (Lipinski definition) is 2. The zero-order valence-electron chi connectivity index (χ0n) is 16.6. The summed E-state index contributed by atoms with van der Waals surface area (Å²) in [4.78, 5) is 25.1. The molecule has 6 heteroatoms. The zero-order chi connectivity index (χ0) is 21.2. The van der Waals surface area contributed by atoms with Crippen LogP contribution in [-0.2, 0) is 4.79 Å². The second-order valence-corrected chi connectivity index (χ2v) is 6.54. The van der Waals surface area contributed by atoms with Crippen molar-refractivity contribution in [1.82, 2.24) is 10.7 Å². The second kappa shape index (κ2) is 10.6. The van der Waals surface area contributed by atoms with Crippen LogP contribution in [0, 0.1) is 0 Å². The zero-order valence-corrected chi connectivity index (χ0v) is 16.6. The van der Waals surface area contributed by atoms with Crippen molar-refractivity contribution in [2.45, 2.75) is 12.5 Å². The van der Waals surface area contributed by atoms with Crippen LogP contribution in [0.15, 0.2) is 90.0 Å². The predicted molar refractivity (Wildman–Crippen MR) is 116 cm³/mol. The molecule has 0 saturated carbocycles. The third-order valence-corrected chi connectivity index (χ3v) is 4.46. The Morgan fingerprint density at radius 2 is 1.57 bits per heavy atom. The van der Waals surface area contributed by atoms with E-state index in [1.165, 1.54) is 6.21 Å². The van der Waals surface area contributed by atoms with Crippen molar-refractivity contribution in [3.8, 4) is 5.75 Å². The van der Waals surface area contributed by atoms with Gasteiger partial charge in [0.15, 0.2) is 0 Å². The molecule has 0 spiro atoms. The highest BCUT2D eigenvalue weighted by atomic mass is 16.5. The summed E-state index contributed by atoms with van der Waals surface area (Å²) in [6, 6.07) is 25.2. The van der Waals surface area contributed by atoms with E-state index >= 15 is 0 Å². The standard InChI is InChI=1S/C24H23N3O3/c1-30-22-15-9-8-14-20(22)17-25-27-23(28)16-21(18-10-4-2-5-11-18)26-24(29)19-12-6-3-7-13-19/h2-15,17,21H,16H2,1H3,(H,26,29)(H,27,28)/b25-17-/t21-/m0/s1. The number of nitrogens with one attached hydrogen (secondary N) is 2. The summed E-state index contributed by atoms with van der Waals surface area (Å²) in [7, 11) is 1.57. The Balaban J connectivity index is 1.67. The van der Waals surface area contributed by atoms with E-state index in [2.05, 4.69) is 15.8 Å². The van der Waals surface area contributed by atoms with E-state index in [1.807, 2.05) is 60.7 Å². The van der Waals surface area contributed by atoms with Gasteiger partial charge in [0.1, 0.15) is 5.75 Å². The number of ether oxygens (including phenoxy) is 1. The summed E-state index contributed by atoms with van der Waals surface area (Å²) in [6.07, 6.45) is 1.57. The van der Waals surface area contributed by atoms with E-state index in [9.17, 15) is 9.59 Å². The van der Waals surface area contributed by atoms with Crippen LogP contribution < -0.4 is 15.5 Å². The predicted octanol–water partition coefficient (Wildman–Crippen LogP) is 3.71. The SMILES string of the molecule is COc1ccccc1/C=N\NC(=O)C[C@H](NC(=O)c1ccccc1)c1ccccc1. The highest BCUT2D eigenvalue weighted by Crippen LogP contribution is 2.18. The quantitative estimate of drug-likeness (QED) is 0.446. The molecule has 2 amide bonds. The fourth-order valence-electron chi connectivity index (χ4n) is 2.95. The van der Waals surface area contributed by atoms with Gasteiger partial charge in [0.05, 0.1) is 25.8 Å². The maximum Gasteiger partial charge on any atom is 0.251 e. The van der Waals surface area contributed by atoms with Gasteiger partial charge in [-0.25, -0.2) is 5.43 Å². The number of rotatable bonds is 8. The maximum absolute atomic E-state index is 12.6. The molecule has 3 aromatic carbocycles. The topological polar surface area (TPSA) is 79.8 Å². The lowest BCUT2D eigenvalue weighted by Crippen LogP contribution is -2.32. The molecule has 2 N–H and O–H groups in total. The van der Waals surface area contributed by atoms with Gasteiger partial charge in [-0.15, -0.1) is 0 Å². The lowest BCUT2D eigenvalue weighted by Gasteiger charge is -2.18. The monoisotopic (exact) mass is 401 g/mol. The highest BCUT2D eigenvalue weighted by Gasteiger charge is 2.19. The number of carbonyl (C=O) groups excluding carboxylic acids is 2. The Morgan fingerprint density at radius 3 is 2.27 bits per heavy atom. The Kier molecular flexibility index (Phi) is 7.33. The van der Waals surface area contributed by atoms with Crippen molar-refractivity contribution in [2.75, 3.05) is 7.11 Å². The minimum absolute atomic E-state index is 0.0475. The molecule has 0 aliphatic heterocycles. The van der Waals surface area contributed by atoms with Crippen molar-refractivity contribution in [1.29, 1.82) is 0 Å². The molecule has 0 heterocycles. The maximum atomic E-state index is 12.6. The minimum Gasteiger partial charge on any atom is -0.496 e. The summed E-state index contributed by atoms with van der Waals surface area (Å²) in [6.45, 7) is 0. The van der Waals surface area contributed by atoms with Crippen molar-refractivity contribution < 1.29 is 14.3 Å². The average molecular weight is 401 g/mol. The number of para-hydroxylation sites is 1. The van der Waals surface area contributed by atoms with Crippen LogP contribution in [0.2, 0.25) is 0 Å². The summed E-state index contributed by atoms with van der Waals surface area (Å²) in [5.74, 6) is 0.103. The first-order valence-corrected chi connectivity index (χ1v) is 9.53. The first-order chi connectivity index (χ1) is 14.7. The van der Waals surface area contributed by atoms with Crippen molar-refractivity contribution >= 4 is 18.0 Å². The van der Waals surface area contributed by atoms with Gasteiger partial charge in [-0.05, 0) is 29.8 Å². The third-order valence-electron chi connectivity index (χ3n) is 4.46. The van der Waals surface area contributed by atoms with Crippen LogP contribution in [0.5, 0.6) is 5.75 Å². The number of hydrogen-bond acceptors (Lipinski definition) is 4. The van der Waals surface area contributed by atoms with Crippen molar-refractivity contribution in [3.05, 3.63) is 102 Å². The van der Waals surface area contributed by atoms with Gasteiger partial charge in [-0.3, -0.25) is 9.59 Å². The molecular weight excluding hydrogens is 378 g/mol. The van der Waals surface area contributed by atoms with Crippen LogP contribution >= 0.6 is 0 Å². The number of carbonyl (C=O) groups is 2. The molecule has 30 heavy (non-hydrogen) atoms. The lowest BCUT2D eigenvalue weighted by atomic mass is 10.0. The first kappa shape index (κ1) is 20.8. The van der Waals surface area contributed by atoms with Crippen molar-refractivity contribution in [2.24, 2.45) is 5.10 Å². The van der Waals surface area contributed by atoms with Gasteiger partial charge in [-0.2, -0.15) is 5.10 Å². The van der Waals surface area contributed by atoms with Crippen LogP contribution in [0.3, 0.4) is 0 Å². The number of hydrazone groups is 1. The van der Waals surface area contributed by atoms with Gasteiger partial charge < -0.3 is 10.1 Å². The Morgan fingerprint density at radius 1 is 0.933 bits per heavy atom. The van der Waals surface area contributed by atoms with E-state index in [0.717, 1.165) is 11.1 Å². The Bertz CT molecular complexity index is 1000. The number of methoxy groups -OCH3 is 1. The first-order valence-electron chi connectivity index (χ1n) is 9.53. The summed E-state index contributed by atoms with van der Waals surface area (Å²) < 4.78 is 5.26. The lowest BCUT2D eigenvalue weighted by molar-refractivity contribution is -0.121. The molecule has 0 aliphatic carbocycles. The van der Waals surface area contributed by atoms with E-state index in [0.29, 0.717) is 11.3 Å². The van der Waals surface area contributed by atoms with Crippen LogP contribution in [0.1, 0.15) is 33.9 Å². The van der Waals surface area contributed by atoms with E-state index < -0.39 is 6.04 Å². The summed E-state index contributed by atoms with van der Waals surface area (Å²) in [5.41, 5.74) is 4.64. The third kappa shape index (κ3) is 5.78. The molecule has 6 nitrogen and oxygen atoms in total. The van der Waals surface area contributed by atoms with Gasteiger partial charge in [0, 0.05) is 11.1 Å². The molecule has 0 fully saturated rings. The summed E-state index contributed by atoms with van der Waals surface area (Å²) >= 11 is 0. The molecular formula is C24H23N3O3. The fourth-order valence-corrected chi connectivity index (χ4v) is 2.95. The molecule has 0 saturated heterocycles. The van der Waals surface area contributed by atoms with E-state index in [-0.39, 0.29) is 18.2 Å².